The number of nitrogens with zero attached hydrogens (tertiary/aromatic N) is 3. The molecule has 2 heterocycles. The van der Waals surface area contributed by atoms with Gasteiger partial charge in [-0.3, -0.25) is 0 Å². The first-order valence-electron chi connectivity index (χ1n) is 5.04. The molecular weight excluding hydrogens is 298 g/mol. The Labute approximate surface area is 111 Å². The predicted molar refractivity (Wildman–Crippen MR) is 72.4 cm³/mol. The molecular formula is C12H8BrN3S. The van der Waals surface area contributed by atoms with Crippen molar-refractivity contribution in [3.8, 4) is 16.3 Å². The van der Waals surface area contributed by atoms with E-state index in [1.807, 2.05) is 36.0 Å². The van der Waals surface area contributed by atoms with Crippen molar-refractivity contribution in [2.75, 3.05) is 0 Å². The van der Waals surface area contributed by atoms with Crippen molar-refractivity contribution in [1.82, 2.24) is 14.8 Å². The summed E-state index contributed by atoms with van der Waals surface area (Å²) in [6, 6.07) is 8.10. The van der Waals surface area contributed by atoms with Gasteiger partial charge in [0.1, 0.15) is 0 Å². The van der Waals surface area contributed by atoms with Crippen molar-refractivity contribution < 1.29 is 0 Å². The average Bonchev–Trinajstić information content (AvgIpc) is 3.00. The molecule has 0 fully saturated rings. The van der Waals surface area contributed by atoms with Gasteiger partial charge in [-0.15, -0.1) is 11.3 Å². The van der Waals surface area contributed by atoms with Crippen LogP contribution in [0.3, 0.4) is 0 Å². The third-order valence-corrected chi connectivity index (χ3v) is 3.84. The van der Waals surface area contributed by atoms with E-state index in [1.54, 1.807) is 22.2 Å². The SMILES string of the molecule is Brc1ccccc1-c1cnn(-c2nccs2)c1. The second-order valence-corrected chi connectivity index (χ2v) is 5.20. The molecule has 0 aliphatic carbocycles. The summed E-state index contributed by atoms with van der Waals surface area (Å²) in [7, 11) is 0. The minimum absolute atomic E-state index is 0.878. The van der Waals surface area contributed by atoms with Crippen molar-refractivity contribution in [3.05, 3.63) is 52.7 Å². The van der Waals surface area contributed by atoms with Crippen LogP contribution in [0.25, 0.3) is 16.3 Å². The third-order valence-electron chi connectivity index (χ3n) is 2.38. The van der Waals surface area contributed by atoms with Crippen LogP contribution in [-0.4, -0.2) is 14.8 Å². The van der Waals surface area contributed by atoms with Gasteiger partial charge in [0.05, 0.1) is 6.20 Å². The first-order valence-corrected chi connectivity index (χ1v) is 6.71. The van der Waals surface area contributed by atoms with Gasteiger partial charge in [0, 0.05) is 27.8 Å². The van der Waals surface area contributed by atoms with Crippen molar-refractivity contribution in [3.63, 3.8) is 0 Å². The van der Waals surface area contributed by atoms with Crippen LogP contribution in [0.4, 0.5) is 0 Å². The fourth-order valence-corrected chi connectivity index (χ4v) is 2.68. The normalized spacial score (nSPS) is 10.6. The fraction of sp³-hybridized carbons (Fsp3) is 0. The Morgan fingerprint density at radius 2 is 2.12 bits per heavy atom. The Kier molecular flexibility index (Phi) is 2.78. The van der Waals surface area contributed by atoms with Crippen LogP contribution in [0.2, 0.25) is 0 Å². The molecule has 1 aromatic carbocycles. The highest BCUT2D eigenvalue weighted by atomic mass is 79.9. The van der Waals surface area contributed by atoms with Crippen LogP contribution in [0.1, 0.15) is 0 Å². The van der Waals surface area contributed by atoms with Gasteiger partial charge in [-0.2, -0.15) is 5.10 Å². The van der Waals surface area contributed by atoms with Crippen LogP contribution in [-0.2, 0) is 0 Å². The van der Waals surface area contributed by atoms with Crippen LogP contribution in [0.5, 0.6) is 0 Å². The Bertz CT molecular complexity index is 631. The smallest absolute Gasteiger partial charge is 0.210 e. The standard InChI is InChI=1S/C12H8BrN3S/c13-11-4-2-1-3-10(11)9-7-15-16(8-9)12-14-5-6-17-12/h1-8H. The summed E-state index contributed by atoms with van der Waals surface area (Å²) < 4.78 is 2.86. The second kappa shape index (κ2) is 4.43. The van der Waals surface area contributed by atoms with Gasteiger partial charge in [0.2, 0.25) is 5.13 Å². The van der Waals surface area contributed by atoms with Gasteiger partial charge >= 0.3 is 0 Å². The van der Waals surface area contributed by atoms with Crippen LogP contribution in [0, 0.1) is 0 Å². The molecule has 0 N–H and O–H groups in total. The van der Waals surface area contributed by atoms with Gasteiger partial charge in [-0.1, -0.05) is 34.1 Å². The Hall–Kier alpha value is -1.46. The van der Waals surface area contributed by atoms with E-state index in [4.69, 9.17) is 0 Å². The van der Waals surface area contributed by atoms with Crippen molar-refractivity contribution in [1.29, 1.82) is 0 Å². The molecule has 5 heteroatoms. The van der Waals surface area contributed by atoms with Gasteiger partial charge in [0.15, 0.2) is 0 Å². The molecule has 0 saturated heterocycles. The van der Waals surface area contributed by atoms with Gasteiger partial charge in [-0.05, 0) is 11.6 Å². The lowest BCUT2D eigenvalue weighted by Gasteiger charge is -1.99. The third kappa shape index (κ3) is 2.03. The summed E-state index contributed by atoms with van der Waals surface area (Å²) >= 11 is 5.11. The zero-order valence-electron chi connectivity index (χ0n) is 8.75. The first-order chi connectivity index (χ1) is 8.34. The predicted octanol–water partition coefficient (Wildman–Crippen LogP) is 3.76. The maximum atomic E-state index is 4.32. The van der Waals surface area contributed by atoms with E-state index >= 15 is 0 Å². The lowest BCUT2D eigenvalue weighted by molar-refractivity contribution is 0.870. The number of hydrogen-bond acceptors (Lipinski definition) is 3. The number of aromatic nitrogens is 3. The summed E-state index contributed by atoms with van der Waals surface area (Å²) in [6.45, 7) is 0. The molecule has 3 rings (SSSR count). The van der Waals surface area contributed by atoms with Crippen LogP contribution in [0.15, 0.2) is 52.7 Å². The minimum atomic E-state index is 0.878. The van der Waals surface area contributed by atoms with Crippen LogP contribution >= 0.6 is 27.3 Å². The summed E-state index contributed by atoms with van der Waals surface area (Å²) in [5, 5.41) is 7.14. The first kappa shape index (κ1) is 10.7. The highest BCUT2D eigenvalue weighted by molar-refractivity contribution is 9.10. The lowest BCUT2D eigenvalue weighted by Crippen LogP contribution is -1.91. The van der Waals surface area contributed by atoms with Crippen molar-refractivity contribution in [2.24, 2.45) is 0 Å². The van der Waals surface area contributed by atoms with E-state index < -0.39 is 0 Å². The van der Waals surface area contributed by atoms with Crippen molar-refractivity contribution >= 4 is 27.3 Å². The summed E-state index contributed by atoms with van der Waals surface area (Å²) in [5.41, 5.74) is 2.21. The van der Waals surface area contributed by atoms with E-state index in [9.17, 15) is 0 Å². The molecule has 84 valence electrons. The zero-order valence-corrected chi connectivity index (χ0v) is 11.1. The molecule has 0 unspecified atom stereocenters. The largest absolute Gasteiger partial charge is 0.227 e. The lowest BCUT2D eigenvalue weighted by atomic mass is 10.1. The molecule has 0 aliphatic rings. The molecule has 3 nitrogen and oxygen atoms in total. The van der Waals surface area contributed by atoms with Crippen molar-refractivity contribution in [2.45, 2.75) is 0 Å². The fourth-order valence-electron chi connectivity index (χ4n) is 1.59. The number of hydrogen-bond donors (Lipinski definition) is 0. The van der Waals surface area contributed by atoms with E-state index in [0.717, 1.165) is 20.7 Å². The molecule has 3 aromatic rings. The molecule has 0 saturated carbocycles. The quantitative estimate of drug-likeness (QED) is 0.722. The monoisotopic (exact) mass is 305 g/mol. The van der Waals surface area contributed by atoms with Gasteiger partial charge in [0.25, 0.3) is 0 Å². The summed E-state index contributed by atoms with van der Waals surface area (Å²) in [4.78, 5) is 4.22. The van der Waals surface area contributed by atoms with E-state index in [1.165, 1.54) is 0 Å². The zero-order chi connectivity index (χ0) is 11.7. The Balaban J connectivity index is 2.04. The average molecular weight is 306 g/mol. The molecule has 0 radical (unpaired) electrons. The van der Waals surface area contributed by atoms with E-state index in [0.29, 0.717) is 0 Å². The molecule has 0 spiro atoms. The van der Waals surface area contributed by atoms with Crippen LogP contribution < -0.4 is 0 Å². The summed E-state index contributed by atoms with van der Waals surface area (Å²) in [6.07, 6.45) is 5.61. The summed E-state index contributed by atoms with van der Waals surface area (Å²) in [5.74, 6) is 0. The van der Waals surface area contributed by atoms with Gasteiger partial charge in [-0.25, -0.2) is 9.67 Å². The number of rotatable bonds is 2. The molecule has 0 bridgehead atoms. The Morgan fingerprint density at radius 1 is 1.24 bits per heavy atom. The number of halogens is 1. The van der Waals surface area contributed by atoms with E-state index in [2.05, 4.69) is 32.1 Å². The van der Waals surface area contributed by atoms with E-state index in [-0.39, 0.29) is 0 Å². The highest BCUT2D eigenvalue weighted by Crippen LogP contribution is 2.28. The molecule has 0 amide bonds. The Morgan fingerprint density at radius 3 is 2.88 bits per heavy atom. The molecule has 0 aliphatic heterocycles. The highest BCUT2D eigenvalue weighted by Gasteiger charge is 2.07. The molecule has 2 aromatic heterocycles. The maximum absolute atomic E-state index is 4.32. The topological polar surface area (TPSA) is 30.7 Å². The second-order valence-electron chi connectivity index (χ2n) is 3.47. The molecule has 17 heavy (non-hydrogen) atoms. The number of benzene rings is 1. The van der Waals surface area contributed by atoms with Gasteiger partial charge < -0.3 is 0 Å². The number of thiazole rings is 1. The maximum Gasteiger partial charge on any atom is 0.210 e. The molecule has 0 atom stereocenters. The minimum Gasteiger partial charge on any atom is -0.227 e.